The quantitative estimate of drug-likeness (QED) is 0.549. The van der Waals surface area contributed by atoms with Crippen molar-refractivity contribution in [2.45, 2.75) is 46.5 Å². The molecular formula is C22H28N2O3. The summed E-state index contributed by atoms with van der Waals surface area (Å²) in [5, 5.41) is 0. The average Bonchev–Trinajstić information content (AvgIpc) is 2.68. The van der Waals surface area contributed by atoms with Gasteiger partial charge < -0.3 is 4.74 Å². The number of hydrogen-bond acceptors (Lipinski definition) is 3. The van der Waals surface area contributed by atoms with Crippen molar-refractivity contribution >= 4 is 11.8 Å². The van der Waals surface area contributed by atoms with Gasteiger partial charge in [-0.05, 0) is 68.0 Å². The van der Waals surface area contributed by atoms with Crippen LogP contribution < -0.4 is 15.6 Å². The number of unbranched alkanes of at least 4 members (excludes halogenated alkanes) is 1. The first-order valence-corrected chi connectivity index (χ1v) is 9.37. The molecule has 0 fully saturated rings. The number of rotatable bonds is 8. The van der Waals surface area contributed by atoms with Gasteiger partial charge in [-0.3, -0.25) is 20.4 Å². The number of carbonyl (C=O) groups is 2. The number of hydrogen-bond donors (Lipinski definition) is 2. The molecule has 0 atom stereocenters. The molecule has 0 aliphatic carbocycles. The smallest absolute Gasteiger partial charge is 0.269 e. The highest BCUT2D eigenvalue weighted by molar-refractivity contribution is 5.95. The molecule has 0 saturated heterocycles. The van der Waals surface area contributed by atoms with E-state index in [4.69, 9.17) is 4.74 Å². The van der Waals surface area contributed by atoms with E-state index in [1.165, 1.54) is 5.56 Å². The van der Waals surface area contributed by atoms with E-state index in [0.717, 1.165) is 29.7 Å². The standard InChI is InChI=1S/C22H28N2O3/c1-4-18-10-12-19(13-11-18)22(26)24-23-21(25)7-5-6-14-27-20-15-16(2)8-9-17(20)3/h8-13,15H,4-7,14H2,1-3H3,(H,23,25)(H,24,26). The van der Waals surface area contributed by atoms with Crippen LogP contribution >= 0.6 is 0 Å². The van der Waals surface area contributed by atoms with Gasteiger partial charge in [0.2, 0.25) is 5.91 Å². The lowest BCUT2D eigenvalue weighted by Gasteiger charge is -2.10. The highest BCUT2D eigenvalue weighted by atomic mass is 16.5. The fourth-order valence-corrected chi connectivity index (χ4v) is 2.59. The maximum Gasteiger partial charge on any atom is 0.269 e. The fourth-order valence-electron chi connectivity index (χ4n) is 2.59. The lowest BCUT2D eigenvalue weighted by molar-refractivity contribution is -0.122. The number of amides is 2. The van der Waals surface area contributed by atoms with Gasteiger partial charge in [0.1, 0.15) is 5.75 Å². The molecule has 2 N–H and O–H groups in total. The maximum absolute atomic E-state index is 12.0. The van der Waals surface area contributed by atoms with Crippen LogP contribution in [0, 0.1) is 13.8 Å². The van der Waals surface area contributed by atoms with E-state index in [-0.39, 0.29) is 11.8 Å². The number of ether oxygens (including phenoxy) is 1. The Hall–Kier alpha value is -2.82. The lowest BCUT2D eigenvalue weighted by atomic mass is 10.1. The van der Waals surface area contributed by atoms with Crippen LogP contribution in [0.1, 0.15) is 53.2 Å². The molecule has 0 aliphatic heterocycles. The minimum absolute atomic E-state index is 0.208. The number of carbonyl (C=O) groups excluding carboxylic acids is 2. The number of nitrogens with one attached hydrogen (secondary N) is 2. The van der Waals surface area contributed by atoms with Crippen molar-refractivity contribution in [1.29, 1.82) is 0 Å². The molecule has 0 aromatic heterocycles. The van der Waals surface area contributed by atoms with E-state index >= 15 is 0 Å². The molecular weight excluding hydrogens is 340 g/mol. The normalized spacial score (nSPS) is 10.3. The van der Waals surface area contributed by atoms with E-state index in [9.17, 15) is 9.59 Å². The highest BCUT2D eigenvalue weighted by Crippen LogP contribution is 2.19. The molecule has 2 aromatic carbocycles. The number of benzene rings is 2. The topological polar surface area (TPSA) is 67.4 Å². The van der Waals surface area contributed by atoms with E-state index in [2.05, 4.69) is 23.8 Å². The molecule has 0 unspecified atom stereocenters. The van der Waals surface area contributed by atoms with Crippen LogP contribution in [0.2, 0.25) is 0 Å². The van der Waals surface area contributed by atoms with Crippen LogP contribution in [-0.4, -0.2) is 18.4 Å². The lowest BCUT2D eigenvalue weighted by Crippen LogP contribution is -2.41. The second-order valence-electron chi connectivity index (χ2n) is 6.63. The van der Waals surface area contributed by atoms with E-state index in [1.54, 1.807) is 12.1 Å². The molecule has 144 valence electrons. The summed E-state index contributed by atoms with van der Waals surface area (Å²) in [4.78, 5) is 23.8. The van der Waals surface area contributed by atoms with Crippen molar-refractivity contribution in [1.82, 2.24) is 10.9 Å². The molecule has 0 bridgehead atoms. The zero-order valence-electron chi connectivity index (χ0n) is 16.3. The van der Waals surface area contributed by atoms with Gasteiger partial charge in [0.05, 0.1) is 6.61 Å². The van der Waals surface area contributed by atoms with E-state index in [1.807, 2.05) is 38.1 Å². The Labute approximate surface area is 161 Å². The second kappa shape index (κ2) is 10.4. The van der Waals surface area contributed by atoms with Gasteiger partial charge in [-0.2, -0.15) is 0 Å². The maximum atomic E-state index is 12.0. The second-order valence-corrected chi connectivity index (χ2v) is 6.63. The summed E-state index contributed by atoms with van der Waals surface area (Å²) in [5.41, 5.74) is 8.86. The fraction of sp³-hybridized carbons (Fsp3) is 0.364. The van der Waals surface area contributed by atoms with Gasteiger partial charge in [0.15, 0.2) is 0 Å². The molecule has 0 radical (unpaired) electrons. The summed E-state index contributed by atoms with van der Waals surface area (Å²) < 4.78 is 5.77. The van der Waals surface area contributed by atoms with Crippen molar-refractivity contribution < 1.29 is 14.3 Å². The molecule has 0 spiro atoms. The van der Waals surface area contributed by atoms with Crippen molar-refractivity contribution in [3.8, 4) is 5.75 Å². The minimum atomic E-state index is -0.316. The van der Waals surface area contributed by atoms with Gasteiger partial charge in [0.25, 0.3) is 5.91 Å². The van der Waals surface area contributed by atoms with E-state index in [0.29, 0.717) is 25.0 Å². The molecule has 5 nitrogen and oxygen atoms in total. The van der Waals surface area contributed by atoms with Crippen LogP contribution in [0.4, 0.5) is 0 Å². The van der Waals surface area contributed by atoms with Gasteiger partial charge in [-0.25, -0.2) is 0 Å². The largest absolute Gasteiger partial charge is 0.493 e. The van der Waals surface area contributed by atoms with Crippen LogP contribution in [0.5, 0.6) is 5.75 Å². The SMILES string of the molecule is CCc1ccc(C(=O)NNC(=O)CCCCOc2cc(C)ccc2C)cc1. The Kier molecular flexibility index (Phi) is 7.86. The molecule has 5 heteroatoms. The van der Waals surface area contributed by atoms with E-state index < -0.39 is 0 Å². The Morgan fingerprint density at radius 3 is 2.41 bits per heavy atom. The predicted octanol–water partition coefficient (Wildman–Crippen LogP) is 3.88. The third kappa shape index (κ3) is 6.77. The molecule has 2 rings (SSSR count). The van der Waals surface area contributed by atoms with Crippen LogP contribution in [0.15, 0.2) is 42.5 Å². The third-order valence-electron chi connectivity index (χ3n) is 4.34. The van der Waals surface area contributed by atoms with Gasteiger partial charge in [0, 0.05) is 12.0 Å². The third-order valence-corrected chi connectivity index (χ3v) is 4.34. The Balaban J connectivity index is 1.63. The Morgan fingerprint density at radius 1 is 0.963 bits per heavy atom. The van der Waals surface area contributed by atoms with Gasteiger partial charge in [-0.15, -0.1) is 0 Å². The average molecular weight is 368 g/mol. The molecule has 2 amide bonds. The summed E-state index contributed by atoms with van der Waals surface area (Å²) in [5.74, 6) is 0.366. The molecule has 0 aliphatic rings. The summed E-state index contributed by atoms with van der Waals surface area (Å²) in [7, 11) is 0. The number of aryl methyl sites for hydroxylation is 3. The van der Waals surface area contributed by atoms with Crippen molar-refractivity contribution in [3.63, 3.8) is 0 Å². The van der Waals surface area contributed by atoms with Crippen LogP contribution in [-0.2, 0) is 11.2 Å². The highest BCUT2D eigenvalue weighted by Gasteiger charge is 2.07. The Bertz CT molecular complexity index is 770. The first-order chi connectivity index (χ1) is 13.0. The first-order valence-electron chi connectivity index (χ1n) is 9.37. The zero-order chi connectivity index (χ0) is 19.6. The minimum Gasteiger partial charge on any atom is -0.493 e. The van der Waals surface area contributed by atoms with Crippen LogP contribution in [0.25, 0.3) is 0 Å². The molecule has 2 aromatic rings. The summed E-state index contributed by atoms with van der Waals surface area (Å²) in [6.45, 7) is 6.67. The Morgan fingerprint density at radius 2 is 1.70 bits per heavy atom. The molecule has 0 saturated carbocycles. The van der Waals surface area contributed by atoms with Crippen molar-refractivity contribution in [2.75, 3.05) is 6.61 Å². The molecule has 27 heavy (non-hydrogen) atoms. The summed E-state index contributed by atoms with van der Waals surface area (Å²) in [6.07, 6.45) is 2.72. The van der Waals surface area contributed by atoms with Gasteiger partial charge in [-0.1, -0.05) is 31.2 Å². The van der Waals surface area contributed by atoms with Crippen molar-refractivity contribution in [2.24, 2.45) is 0 Å². The summed E-state index contributed by atoms with van der Waals surface area (Å²) >= 11 is 0. The first kappa shape index (κ1) is 20.5. The monoisotopic (exact) mass is 368 g/mol. The van der Waals surface area contributed by atoms with Gasteiger partial charge >= 0.3 is 0 Å². The number of hydrazine groups is 1. The van der Waals surface area contributed by atoms with Crippen LogP contribution in [0.3, 0.4) is 0 Å². The molecule has 0 heterocycles. The zero-order valence-corrected chi connectivity index (χ0v) is 16.3. The predicted molar refractivity (Wildman–Crippen MR) is 107 cm³/mol. The summed E-state index contributed by atoms with van der Waals surface area (Å²) in [6, 6.07) is 13.4. The van der Waals surface area contributed by atoms with Crippen molar-refractivity contribution in [3.05, 3.63) is 64.7 Å².